The van der Waals surface area contributed by atoms with Crippen molar-refractivity contribution in [2.24, 2.45) is 23.7 Å². The first-order chi connectivity index (χ1) is 15.1. The predicted molar refractivity (Wildman–Crippen MR) is 108 cm³/mol. The van der Waals surface area contributed by atoms with Crippen LogP contribution < -0.4 is 14.4 Å². The van der Waals surface area contributed by atoms with Crippen LogP contribution in [0, 0.1) is 23.7 Å². The lowest BCUT2D eigenvalue weighted by Gasteiger charge is -2.33. The summed E-state index contributed by atoms with van der Waals surface area (Å²) in [5.41, 5.74) is 1.18. The van der Waals surface area contributed by atoms with Gasteiger partial charge in [-0.1, -0.05) is 12.2 Å². The van der Waals surface area contributed by atoms with Gasteiger partial charge in [0.2, 0.25) is 24.5 Å². The van der Waals surface area contributed by atoms with Crippen molar-refractivity contribution in [3.05, 3.63) is 35.9 Å². The number of likely N-dealkylation sites (tertiary alicyclic amines) is 1. The molecule has 1 aromatic carbocycles. The number of carbonyl (C=O) groups is 3. The third-order valence-corrected chi connectivity index (χ3v) is 7.57. The number of nitrogens with one attached hydrogen (secondary N) is 1. The first-order valence-electron chi connectivity index (χ1n) is 11.1. The minimum atomic E-state index is -0.238. The van der Waals surface area contributed by atoms with Gasteiger partial charge in [-0.3, -0.25) is 19.3 Å². The molecule has 2 saturated heterocycles. The number of fused-ring (bicyclic) bond motifs is 6. The molecule has 1 saturated carbocycles. The van der Waals surface area contributed by atoms with E-state index in [9.17, 15) is 14.4 Å². The number of piperazine rings is 1. The van der Waals surface area contributed by atoms with E-state index in [0.29, 0.717) is 13.1 Å². The number of quaternary nitrogens is 1. The zero-order valence-corrected chi connectivity index (χ0v) is 17.3. The number of nitrogens with zero attached hydrogens (tertiary/aromatic N) is 2. The number of hydrogen-bond donors (Lipinski definition) is 1. The van der Waals surface area contributed by atoms with Gasteiger partial charge in [-0.15, -0.1) is 0 Å². The smallest absolute Gasteiger partial charge is 0.243 e. The van der Waals surface area contributed by atoms with Crippen molar-refractivity contribution in [3.63, 3.8) is 0 Å². The van der Waals surface area contributed by atoms with Gasteiger partial charge in [-0.25, -0.2) is 0 Å². The molecule has 3 heterocycles. The third-order valence-electron chi connectivity index (χ3n) is 7.57. The maximum atomic E-state index is 12.9. The summed E-state index contributed by atoms with van der Waals surface area (Å²) in [7, 11) is 0. The van der Waals surface area contributed by atoms with E-state index in [1.807, 2.05) is 12.1 Å². The van der Waals surface area contributed by atoms with Crippen molar-refractivity contribution in [1.82, 2.24) is 9.80 Å². The number of amides is 3. The van der Waals surface area contributed by atoms with Gasteiger partial charge >= 0.3 is 0 Å². The second-order valence-corrected chi connectivity index (χ2v) is 9.26. The Balaban J connectivity index is 1.03. The molecule has 3 aliphatic heterocycles. The summed E-state index contributed by atoms with van der Waals surface area (Å²) in [5, 5.41) is 0. The molecule has 1 N–H and O–H groups in total. The molecule has 2 bridgehead atoms. The second kappa shape index (κ2) is 7.09. The van der Waals surface area contributed by atoms with Crippen molar-refractivity contribution in [2.75, 3.05) is 39.5 Å². The summed E-state index contributed by atoms with van der Waals surface area (Å²) in [5.74, 6) is 1.04. The van der Waals surface area contributed by atoms with Crippen molar-refractivity contribution in [2.45, 2.75) is 13.0 Å². The van der Waals surface area contributed by atoms with Crippen LogP contribution >= 0.6 is 0 Å². The van der Waals surface area contributed by atoms with E-state index in [2.05, 4.69) is 18.2 Å². The Morgan fingerprint density at radius 2 is 1.68 bits per heavy atom. The van der Waals surface area contributed by atoms with Crippen LogP contribution in [0.2, 0.25) is 0 Å². The Morgan fingerprint density at radius 3 is 2.39 bits per heavy atom. The summed E-state index contributed by atoms with van der Waals surface area (Å²) in [6.45, 7) is 3.96. The minimum Gasteiger partial charge on any atom is -0.454 e. The molecule has 2 aliphatic carbocycles. The minimum absolute atomic E-state index is 0.110. The Labute approximate surface area is 180 Å². The highest BCUT2D eigenvalue weighted by atomic mass is 16.7. The lowest BCUT2D eigenvalue weighted by Crippen LogP contribution is -3.13. The van der Waals surface area contributed by atoms with Crippen LogP contribution in [0.3, 0.4) is 0 Å². The summed E-state index contributed by atoms with van der Waals surface area (Å²) in [4.78, 5) is 42.9. The predicted octanol–water partition coefficient (Wildman–Crippen LogP) is -0.550. The van der Waals surface area contributed by atoms with E-state index in [-0.39, 0.29) is 54.7 Å². The van der Waals surface area contributed by atoms with E-state index < -0.39 is 0 Å². The molecule has 0 radical (unpaired) electrons. The Morgan fingerprint density at radius 1 is 1.00 bits per heavy atom. The number of allylic oxidation sites excluding steroid dienone is 2. The van der Waals surface area contributed by atoms with Crippen LogP contribution in [0.4, 0.5) is 0 Å². The first kappa shape index (κ1) is 18.9. The van der Waals surface area contributed by atoms with Gasteiger partial charge in [0.05, 0.1) is 38.0 Å². The number of ether oxygens (including phenoxy) is 2. The Hall–Kier alpha value is -2.87. The first-order valence-corrected chi connectivity index (χ1v) is 11.1. The molecule has 0 unspecified atom stereocenters. The quantitative estimate of drug-likeness (QED) is 0.518. The summed E-state index contributed by atoms with van der Waals surface area (Å²) in [6, 6.07) is 6.02. The summed E-state index contributed by atoms with van der Waals surface area (Å²) < 4.78 is 10.8. The maximum absolute atomic E-state index is 12.9. The van der Waals surface area contributed by atoms with Crippen molar-refractivity contribution in [3.8, 4) is 11.5 Å². The average molecular weight is 424 g/mol. The molecule has 6 rings (SSSR count). The van der Waals surface area contributed by atoms with Crippen LogP contribution in [0.5, 0.6) is 11.5 Å². The highest BCUT2D eigenvalue weighted by molar-refractivity contribution is 6.08. The van der Waals surface area contributed by atoms with Gasteiger partial charge in [0.1, 0.15) is 13.1 Å². The van der Waals surface area contributed by atoms with Crippen LogP contribution in [0.25, 0.3) is 0 Å². The van der Waals surface area contributed by atoms with Crippen molar-refractivity contribution < 1.29 is 28.8 Å². The molecule has 0 aromatic heterocycles. The Bertz CT molecular complexity index is 953. The topological polar surface area (TPSA) is 80.6 Å². The largest absolute Gasteiger partial charge is 0.454 e. The molecular formula is C23H26N3O5+. The lowest BCUT2D eigenvalue weighted by atomic mass is 9.85. The van der Waals surface area contributed by atoms with E-state index in [1.165, 1.54) is 15.4 Å². The molecule has 0 spiro atoms. The fourth-order valence-electron chi connectivity index (χ4n) is 5.94. The lowest BCUT2D eigenvalue weighted by molar-refractivity contribution is -0.917. The van der Waals surface area contributed by atoms with Gasteiger partial charge in [-0.05, 0) is 36.5 Å². The number of imide groups is 1. The van der Waals surface area contributed by atoms with E-state index >= 15 is 0 Å². The highest BCUT2D eigenvalue weighted by Crippen LogP contribution is 2.52. The summed E-state index contributed by atoms with van der Waals surface area (Å²) in [6.07, 6.45) is 5.05. The Kier molecular flexibility index (Phi) is 4.31. The van der Waals surface area contributed by atoms with Gasteiger partial charge in [0.15, 0.2) is 11.5 Å². The zero-order valence-electron chi connectivity index (χ0n) is 17.3. The molecule has 8 nitrogen and oxygen atoms in total. The maximum Gasteiger partial charge on any atom is 0.243 e. The van der Waals surface area contributed by atoms with Crippen molar-refractivity contribution >= 4 is 17.7 Å². The standard InChI is InChI=1S/C23H25N3O5/c27-19(12-26-22(28)20-15-2-3-16(10-15)21(20)23(26)29)25-7-5-24(6-8-25)11-14-1-4-17-18(9-14)31-13-30-17/h1-4,9,15-16,20-21H,5-8,10-13H2/p+1/t15-,16+,20-,21+. The van der Waals surface area contributed by atoms with Gasteiger partial charge in [0.25, 0.3) is 0 Å². The van der Waals surface area contributed by atoms with Gasteiger partial charge in [-0.2, -0.15) is 0 Å². The zero-order chi connectivity index (χ0) is 21.1. The van der Waals surface area contributed by atoms with E-state index in [0.717, 1.165) is 37.6 Å². The fraction of sp³-hybridized carbons (Fsp3) is 0.522. The molecule has 5 aliphatic rings. The van der Waals surface area contributed by atoms with Crippen molar-refractivity contribution in [1.29, 1.82) is 0 Å². The number of hydrogen-bond acceptors (Lipinski definition) is 5. The van der Waals surface area contributed by atoms with Crippen LogP contribution in [-0.4, -0.2) is 67.0 Å². The molecule has 162 valence electrons. The van der Waals surface area contributed by atoms with Crippen LogP contribution in [0.1, 0.15) is 12.0 Å². The molecule has 1 aromatic rings. The number of benzene rings is 1. The molecule has 3 fully saturated rings. The van der Waals surface area contributed by atoms with Crippen LogP contribution in [-0.2, 0) is 20.9 Å². The van der Waals surface area contributed by atoms with Gasteiger partial charge < -0.3 is 19.3 Å². The molecule has 31 heavy (non-hydrogen) atoms. The van der Waals surface area contributed by atoms with E-state index in [1.54, 1.807) is 4.90 Å². The third kappa shape index (κ3) is 3.04. The average Bonchev–Trinajstić information content (AvgIpc) is 3.55. The number of rotatable bonds is 4. The van der Waals surface area contributed by atoms with Crippen LogP contribution in [0.15, 0.2) is 30.4 Å². The van der Waals surface area contributed by atoms with E-state index in [4.69, 9.17) is 9.47 Å². The normalized spacial score (nSPS) is 31.1. The summed E-state index contributed by atoms with van der Waals surface area (Å²) >= 11 is 0. The second-order valence-electron chi connectivity index (χ2n) is 9.26. The van der Waals surface area contributed by atoms with Gasteiger partial charge in [0, 0.05) is 5.56 Å². The molecular weight excluding hydrogens is 398 g/mol. The molecule has 3 amide bonds. The monoisotopic (exact) mass is 424 g/mol. The number of carbonyl (C=O) groups excluding carboxylic acids is 3. The highest BCUT2D eigenvalue weighted by Gasteiger charge is 2.59. The SMILES string of the molecule is O=C(CN1C(=O)[C@@H]2[C@H](C1=O)[C@@H]1C=C[C@H]2C1)N1CC[NH+](Cc2ccc3c(c2)OCO3)CC1. The fourth-order valence-corrected chi connectivity index (χ4v) is 5.94. The molecule has 8 heteroatoms. The molecule has 4 atom stereocenters.